The third-order valence-corrected chi connectivity index (χ3v) is 3.99. The molecule has 0 aliphatic carbocycles. The number of nitrogens with zero attached hydrogens (tertiary/aromatic N) is 2. The maximum absolute atomic E-state index is 11.8. The Morgan fingerprint density at radius 2 is 1.86 bits per heavy atom. The number of thioether (sulfide) groups is 1. The summed E-state index contributed by atoms with van der Waals surface area (Å²) in [7, 11) is 1.58. The summed E-state index contributed by atoms with van der Waals surface area (Å²) >= 11 is 2.47. The fourth-order valence-corrected chi connectivity index (χ4v) is 2.57. The highest BCUT2D eigenvalue weighted by Crippen LogP contribution is 2.15. The van der Waals surface area contributed by atoms with E-state index in [2.05, 4.69) is 20.8 Å². The Morgan fingerprint density at radius 1 is 1.18 bits per heavy atom. The quantitative estimate of drug-likeness (QED) is 0.800. The molecule has 0 aliphatic heterocycles. The molecule has 0 bridgehead atoms. The Hall–Kier alpha value is -2.13. The van der Waals surface area contributed by atoms with Crippen molar-refractivity contribution in [1.82, 2.24) is 10.2 Å². The minimum Gasteiger partial charge on any atom is -0.497 e. The van der Waals surface area contributed by atoms with Crippen molar-refractivity contribution >= 4 is 45.7 Å². The minimum absolute atomic E-state index is 0.168. The molecular weight excluding hydrogens is 324 g/mol. The molecule has 2 amide bonds. The lowest BCUT2D eigenvalue weighted by molar-refractivity contribution is -0.114. The largest absolute Gasteiger partial charge is 0.497 e. The summed E-state index contributed by atoms with van der Waals surface area (Å²) in [6, 6.07) is 7.03. The first-order chi connectivity index (χ1) is 10.7. The van der Waals surface area contributed by atoms with E-state index < -0.39 is 0 Å². The maximum atomic E-state index is 11.8. The van der Waals surface area contributed by atoms with Gasteiger partial charge in [-0.25, -0.2) is 0 Å². The lowest BCUT2D eigenvalue weighted by Crippen LogP contribution is -2.18. The van der Waals surface area contributed by atoms with Gasteiger partial charge in [0.1, 0.15) is 11.3 Å². The van der Waals surface area contributed by atoms with Gasteiger partial charge in [-0.1, -0.05) is 11.3 Å². The SMILES string of the molecule is COc1ccc(NC(=O)CSCC(=O)Nc2nncs2)cc1. The molecule has 1 aromatic carbocycles. The van der Waals surface area contributed by atoms with E-state index in [0.717, 1.165) is 5.75 Å². The Bertz CT molecular complexity index is 617. The van der Waals surface area contributed by atoms with Crippen molar-refractivity contribution in [3.8, 4) is 5.75 Å². The van der Waals surface area contributed by atoms with Crippen LogP contribution in [0.25, 0.3) is 0 Å². The first kappa shape index (κ1) is 16.2. The molecule has 1 aromatic heterocycles. The number of carbonyl (C=O) groups excluding carboxylic acids is 2. The van der Waals surface area contributed by atoms with Crippen molar-refractivity contribution in [1.29, 1.82) is 0 Å². The number of hydrogen-bond acceptors (Lipinski definition) is 7. The van der Waals surface area contributed by atoms with Crippen molar-refractivity contribution in [3.63, 3.8) is 0 Å². The van der Waals surface area contributed by atoms with E-state index in [1.54, 1.807) is 31.4 Å². The number of ether oxygens (including phenoxy) is 1. The van der Waals surface area contributed by atoms with Gasteiger partial charge in [-0.05, 0) is 24.3 Å². The van der Waals surface area contributed by atoms with Crippen LogP contribution in [0, 0.1) is 0 Å². The average Bonchev–Trinajstić information content (AvgIpc) is 3.01. The zero-order chi connectivity index (χ0) is 15.8. The Morgan fingerprint density at radius 3 is 2.45 bits per heavy atom. The molecule has 0 unspecified atom stereocenters. The van der Waals surface area contributed by atoms with Crippen LogP contribution >= 0.6 is 23.1 Å². The van der Waals surface area contributed by atoms with Gasteiger partial charge in [0, 0.05) is 5.69 Å². The molecule has 0 saturated carbocycles. The van der Waals surface area contributed by atoms with E-state index in [9.17, 15) is 9.59 Å². The van der Waals surface area contributed by atoms with Crippen molar-refractivity contribution in [2.75, 3.05) is 29.2 Å². The van der Waals surface area contributed by atoms with Crippen molar-refractivity contribution in [2.24, 2.45) is 0 Å². The molecule has 2 N–H and O–H groups in total. The van der Waals surface area contributed by atoms with E-state index in [4.69, 9.17) is 4.74 Å². The predicted octanol–water partition coefficient (Wildman–Crippen LogP) is 1.86. The summed E-state index contributed by atoms with van der Waals surface area (Å²) in [5.41, 5.74) is 2.22. The van der Waals surface area contributed by atoms with Gasteiger partial charge in [-0.2, -0.15) is 0 Å². The number of anilines is 2. The van der Waals surface area contributed by atoms with Gasteiger partial charge in [0.05, 0.1) is 18.6 Å². The Labute approximate surface area is 135 Å². The third kappa shape index (κ3) is 5.34. The predicted molar refractivity (Wildman–Crippen MR) is 87.5 cm³/mol. The van der Waals surface area contributed by atoms with Crippen LogP contribution in [0.4, 0.5) is 10.8 Å². The van der Waals surface area contributed by atoms with Crippen molar-refractivity contribution < 1.29 is 14.3 Å². The van der Waals surface area contributed by atoms with Crippen molar-refractivity contribution in [3.05, 3.63) is 29.8 Å². The number of carbonyl (C=O) groups is 2. The van der Waals surface area contributed by atoms with E-state index >= 15 is 0 Å². The number of methoxy groups -OCH3 is 1. The van der Waals surface area contributed by atoms with Crippen LogP contribution in [0.1, 0.15) is 0 Å². The summed E-state index contributed by atoms with van der Waals surface area (Å²) in [6.45, 7) is 0. The fraction of sp³-hybridized carbons (Fsp3) is 0.231. The highest BCUT2D eigenvalue weighted by molar-refractivity contribution is 8.00. The lowest BCUT2D eigenvalue weighted by Gasteiger charge is -2.06. The van der Waals surface area contributed by atoms with Crippen LogP contribution < -0.4 is 15.4 Å². The van der Waals surface area contributed by atoms with Gasteiger partial charge in [0.2, 0.25) is 16.9 Å². The molecule has 0 radical (unpaired) electrons. The fourth-order valence-electron chi connectivity index (χ4n) is 1.49. The van der Waals surface area contributed by atoms with Crippen molar-refractivity contribution in [2.45, 2.75) is 0 Å². The van der Waals surface area contributed by atoms with Gasteiger partial charge >= 0.3 is 0 Å². The molecule has 9 heteroatoms. The second-order valence-electron chi connectivity index (χ2n) is 4.06. The first-order valence-corrected chi connectivity index (χ1v) is 8.28. The number of nitrogens with one attached hydrogen (secondary N) is 2. The van der Waals surface area contributed by atoms with Gasteiger partial charge in [0.15, 0.2) is 0 Å². The third-order valence-electron chi connectivity index (χ3n) is 2.45. The van der Waals surface area contributed by atoms with Crippen LogP contribution in [-0.2, 0) is 9.59 Å². The summed E-state index contributed by atoms with van der Waals surface area (Å²) in [4.78, 5) is 23.3. The second kappa shape index (κ2) is 8.35. The second-order valence-corrected chi connectivity index (χ2v) is 5.88. The van der Waals surface area contributed by atoms with Gasteiger partial charge in [0.25, 0.3) is 0 Å². The van der Waals surface area contributed by atoms with E-state index in [0.29, 0.717) is 10.8 Å². The number of aromatic nitrogens is 2. The van der Waals surface area contributed by atoms with Crippen LogP contribution in [-0.4, -0.2) is 40.6 Å². The molecule has 2 rings (SSSR count). The summed E-state index contributed by atoms with van der Waals surface area (Å²) < 4.78 is 5.04. The average molecular weight is 338 g/mol. The van der Waals surface area contributed by atoms with E-state index in [1.165, 1.54) is 28.6 Å². The topological polar surface area (TPSA) is 93.2 Å². The molecule has 0 spiro atoms. The van der Waals surface area contributed by atoms with Gasteiger partial charge in [-0.15, -0.1) is 22.0 Å². The zero-order valence-electron chi connectivity index (χ0n) is 11.7. The summed E-state index contributed by atoms with van der Waals surface area (Å²) in [5.74, 6) is 0.712. The molecule has 0 saturated heterocycles. The van der Waals surface area contributed by atoms with Crippen LogP contribution in [0.2, 0.25) is 0 Å². The maximum Gasteiger partial charge on any atom is 0.236 e. The number of hydrogen-bond donors (Lipinski definition) is 2. The van der Waals surface area contributed by atoms with Crippen LogP contribution in [0.15, 0.2) is 29.8 Å². The number of rotatable bonds is 7. The van der Waals surface area contributed by atoms with Gasteiger partial charge < -0.3 is 10.1 Å². The molecule has 116 valence electrons. The lowest BCUT2D eigenvalue weighted by atomic mass is 10.3. The Kier molecular flexibility index (Phi) is 6.16. The molecule has 0 atom stereocenters. The molecule has 1 heterocycles. The van der Waals surface area contributed by atoms with Gasteiger partial charge in [-0.3, -0.25) is 14.9 Å². The minimum atomic E-state index is -0.209. The number of amides is 2. The molecule has 0 fully saturated rings. The normalized spacial score (nSPS) is 10.0. The van der Waals surface area contributed by atoms with Crippen LogP contribution in [0.5, 0.6) is 5.75 Å². The molecule has 22 heavy (non-hydrogen) atoms. The van der Waals surface area contributed by atoms with Crippen LogP contribution in [0.3, 0.4) is 0 Å². The highest BCUT2D eigenvalue weighted by atomic mass is 32.2. The first-order valence-electron chi connectivity index (χ1n) is 6.25. The monoisotopic (exact) mass is 338 g/mol. The summed E-state index contributed by atoms with van der Waals surface area (Å²) in [6.07, 6.45) is 0. The molecular formula is C13H14N4O3S2. The Balaban J connectivity index is 1.67. The highest BCUT2D eigenvalue weighted by Gasteiger charge is 2.08. The summed E-state index contributed by atoms with van der Waals surface area (Å²) in [5, 5.41) is 13.1. The zero-order valence-corrected chi connectivity index (χ0v) is 13.4. The molecule has 2 aromatic rings. The number of benzene rings is 1. The smallest absolute Gasteiger partial charge is 0.236 e. The van der Waals surface area contributed by atoms with E-state index in [1.807, 2.05) is 0 Å². The standard InChI is InChI=1S/C13H14N4O3S2/c1-20-10-4-2-9(3-5-10)15-11(18)6-21-7-12(19)16-13-17-14-8-22-13/h2-5,8H,6-7H2,1H3,(H,15,18)(H,16,17,19). The molecule has 0 aliphatic rings. The van der Waals surface area contributed by atoms with E-state index in [-0.39, 0.29) is 23.3 Å². The molecule has 7 nitrogen and oxygen atoms in total.